The van der Waals surface area contributed by atoms with E-state index in [4.69, 9.17) is 0 Å². The van der Waals surface area contributed by atoms with Gasteiger partial charge < -0.3 is 9.30 Å². The maximum atomic E-state index is 4.61. The molecule has 25 heavy (non-hydrogen) atoms. The molecule has 0 saturated heterocycles. The van der Waals surface area contributed by atoms with Crippen LogP contribution >= 0.6 is 0 Å². The molecule has 0 saturated carbocycles. The fraction of sp³-hybridized carbons (Fsp3) is 0.286. The summed E-state index contributed by atoms with van der Waals surface area (Å²) in [5, 5.41) is 3.85. The first-order valence-corrected chi connectivity index (χ1v) is 8.91. The van der Waals surface area contributed by atoms with E-state index >= 15 is 0 Å². The predicted molar refractivity (Wildman–Crippen MR) is 97.9 cm³/mol. The van der Waals surface area contributed by atoms with Gasteiger partial charge in [0.15, 0.2) is 0 Å². The third-order valence-corrected chi connectivity index (χ3v) is 5.75. The van der Waals surface area contributed by atoms with Crippen LogP contribution in [0.2, 0.25) is 0 Å². The molecule has 1 radical (unpaired) electrons. The molecule has 0 fully saturated rings. The summed E-state index contributed by atoms with van der Waals surface area (Å²) in [6, 6.07) is 12.2. The normalized spacial score (nSPS) is 16.2. The number of hydrogen-bond acceptors (Lipinski definition) is 2. The van der Waals surface area contributed by atoms with E-state index in [9.17, 15) is 0 Å². The zero-order chi connectivity index (χ0) is 15.7. The molecule has 6 rings (SSSR count). The topological polar surface area (TPSA) is 20.5 Å². The Labute approximate surface area is 160 Å². The van der Waals surface area contributed by atoms with Gasteiger partial charge in [0.05, 0.1) is 5.65 Å². The van der Waals surface area contributed by atoms with Crippen LogP contribution in [0.15, 0.2) is 36.7 Å². The molecule has 2 aliphatic rings. The Kier molecular flexibility index (Phi) is 3.41. The minimum atomic E-state index is 0. The van der Waals surface area contributed by atoms with Crippen molar-refractivity contribution >= 4 is 33.0 Å². The summed E-state index contributed by atoms with van der Waals surface area (Å²) in [5.41, 5.74) is 6.94. The molecule has 0 unspecified atom stereocenters. The zero-order valence-electron chi connectivity index (χ0n) is 13.9. The second-order valence-electron chi connectivity index (χ2n) is 7.03. The van der Waals surface area contributed by atoms with Gasteiger partial charge in [-0.2, -0.15) is 0 Å². The van der Waals surface area contributed by atoms with Crippen molar-refractivity contribution in [2.24, 2.45) is 0 Å². The van der Waals surface area contributed by atoms with Crippen LogP contribution in [0, 0.1) is 6.07 Å². The molecule has 4 aromatic rings. The number of pyridine rings is 1. The first-order chi connectivity index (χ1) is 11.9. The molecule has 0 N–H and O–H groups in total. The van der Waals surface area contributed by atoms with Crippen molar-refractivity contribution in [1.29, 1.82) is 0 Å². The maximum absolute atomic E-state index is 4.61. The van der Waals surface area contributed by atoms with E-state index in [2.05, 4.69) is 44.7 Å². The Morgan fingerprint density at radius 3 is 2.92 bits per heavy atom. The molecular weight excluding hydrogens is 486 g/mol. The van der Waals surface area contributed by atoms with Crippen LogP contribution in [0.3, 0.4) is 0 Å². The number of anilines is 1. The second kappa shape index (κ2) is 5.55. The number of fused-ring (bicyclic) bond motifs is 7. The van der Waals surface area contributed by atoms with Gasteiger partial charge in [0, 0.05) is 56.8 Å². The molecule has 0 atom stereocenters. The van der Waals surface area contributed by atoms with E-state index in [0.717, 1.165) is 11.0 Å². The summed E-state index contributed by atoms with van der Waals surface area (Å²) in [6.07, 6.45) is 8.91. The Morgan fingerprint density at radius 2 is 2.00 bits per heavy atom. The van der Waals surface area contributed by atoms with Crippen LogP contribution in [0.5, 0.6) is 0 Å². The van der Waals surface area contributed by atoms with E-state index in [0.29, 0.717) is 0 Å². The van der Waals surface area contributed by atoms with Gasteiger partial charge in [0.2, 0.25) is 0 Å². The standard InChI is InChI=1S/C21H18N3.Ir/c1-2-7-16-15(6-1)19-17-8-4-11-23-10-3-5-14(20(17)23)13-18(19)24-12-9-22-21(16)24;/h1-2,6,9,12-13H,3-5,8,10-11H2;/q-1;. The Morgan fingerprint density at radius 1 is 1.12 bits per heavy atom. The molecule has 3 nitrogen and oxygen atoms in total. The van der Waals surface area contributed by atoms with E-state index in [1.54, 1.807) is 5.56 Å². The monoisotopic (exact) mass is 505 g/mol. The first-order valence-electron chi connectivity index (χ1n) is 8.91. The summed E-state index contributed by atoms with van der Waals surface area (Å²) in [5.74, 6) is 0. The molecule has 4 heteroatoms. The van der Waals surface area contributed by atoms with Crippen LogP contribution in [-0.2, 0) is 32.9 Å². The molecular formula is C21H18IrN3-. The molecule has 2 aromatic heterocycles. The van der Waals surface area contributed by atoms with Crippen LogP contribution in [-0.4, -0.2) is 22.5 Å². The quantitative estimate of drug-likeness (QED) is 0.265. The fourth-order valence-electron chi connectivity index (χ4n) is 4.85. The third-order valence-electron chi connectivity index (χ3n) is 5.75. The second-order valence-corrected chi connectivity index (χ2v) is 7.03. The van der Waals surface area contributed by atoms with Crippen LogP contribution in [0.1, 0.15) is 24.0 Å². The van der Waals surface area contributed by atoms with Gasteiger partial charge >= 0.3 is 0 Å². The van der Waals surface area contributed by atoms with Crippen LogP contribution < -0.4 is 4.90 Å². The van der Waals surface area contributed by atoms with Crippen molar-refractivity contribution in [2.75, 3.05) is 18.0 Å². The van der Waals surface area contributed by atoms with E-state index in [1.807, 2.05) is 12.3 Å². The van der Waals surface area contributed by atoms with Gasteiger partial charge in [-0.1, -0.05) is 5.39 Å². The molecule has 4 heterocycles. The van der Waals surface area contributed by atoms with Crippen LogP contribution in [0.4, 0.5) is 5.69 Å². The minimum Gasteiger partial charge on any atom is -0.371 e. The summed E-state index contributed by atoms with van der Waals surface area (Å²) >= 11 is 0. The first kappa shape index (κ1) is 15.4. The number of aryl methyl sites for hydroxylation is 2. The minimum absolute atomic E-state index is 0. The molecule has 2 aliphatic heterocycles. The van der Waals surface area contributed by atoms with E-state index < -0.39 is 0 Å². The van der Waals surface area contributed by atoms with Gasteiger partial charge in [-0.25, -0.2) is 0 Å². The Bertz CT molecular complexity index is 1130. The largest absolute Gasteiger partial charge is 0.371 e. The summed E-state index contributed by atoms with van der Waals surface area (Å²) in [7, 11) is 0. The number of rotatable bonds is 0. The van der Waals surface area contributed by atoms with E-state index in [-0.39, 0.29) is 20.1 Å². The Hall–Kier alpha value is -1.90. The summed E-state index contributed by atoms with van der Waals surface area (Å²) in [6.45, 7) is 2.42. The summed E-state index contributed by atoms with van der Waals surface area (Å²) < 4.78 is 2.26. The van der Waals surface area contributed by atoms with Crippen LogP contribution in [0.25, 0.3) is 27.3 Å². The number of nitrogens with zero attached hydrogens (tertiary/aromatic N) is 3. The molecule has 0 bridgehead atoms. The van der Waals surface area contributed by atoms with Crippen molar-refractivity contribution in [3.63, 3.8) is 0 Å². The molecule has 127 valence electrons. The molecule has 2 aromatic carbocycles. The summed E-state index contributed by atoms with van der Waals surface area (Å²) in [4.78, 5) is 7.23. The average Bonchev–Trinajstić information content (AvgIpc) is 3.12. The van der Waals surface area contributed by atoms with Gasteiger partial charge in [0.25, 0.3) is 0 Å². The zero-order valence-corrected chi connectivity index (χ0v) is 16.3. The average molecular weight is 505 g/mol. The number of aromatic nitrogens is 2. The predicted octanol–water partition coefficient (Wildman–Crippen LogP) is 4.14. The Balaban J connectivity index is 0.00000140. The van der Waals surface area contributed by atoms with Gasteiger partial charge in [0.1, 0.15) is 0 Å². The third kappa shape index (κ3) is 1.98. The van der Waals surface area contributed by atoms with Crippen molar-refractivity contribution in [3.8, 4) is 0 Å². The maximum Gasteiger partial charge on any atom is 0.0608 e. The van der Waals surface area contributed by atoms with Crippen molar-refractivity contribution in [2.45, 2.75) is 25.7 Å². The number of benzene rings is 2. The molecule has 0 amide bonds. The van der Waals surface area contributed by atoms with E-state index in [1.165, 1.54) is 66.3 Å². The molecule has 0 spiro atoms. The number of hydrogen-bond donors (Lipinski definition) is 0. The van der Waals surface area contributed by atoms with Crippen molar-refractivity contribution in [3.05, 3.63) is 53.9 Å². The SMILES string of the molecule is [Ir].[c-]1cccc2c1c1nccn1c1cc3c4c(c21)CCCN4CCC3. The fourth-order valence-corrected chi connectivity index (χ4v) is 4.85. The van der Waals surface area contributed by atoms with Crippen molar-refractivity contribution in [1.82, 2.24) is 9.38 Å². The smallest absolute Gasteiger partial charge is 0.0608 e. The van der Waals surface area contributed by atoms with Gasteiger partial charge in [-0.05, 0) is 48.3 Å². The van der Waals surface area contributed by atoms with Gasteiger partial charge in [-0.3, -0.25) is 4.98 Å². The molecule has 0 aliphatic carbocycles. The van der Waals surface area contributed by atoms with Crippen molar-refractivity contribution < 1.29 is 20.1 Å². The number of imidazole rings is 1. The van der Waals surface area contributed by atoms with Gasteiger partial charge in [-0.15, -0.1) is 29.7 Å².